The fourth-order valence-electron chi connectivity index (χ4n) is 2.49. The van der Waals surface area contributed by atoms with Crippen molar-refractivity contribution in [2.24, 2.45) is 11.8 Å². The Morgan fingerprint density at radius 3 is 2.76 bits per heavy atom. The number of aliphatic hydroxyl groups is 1. The molecule has 4 nitrogen and oxygen atoms in total. The Bertz CT molecular complexity index is 248. The van der Waals surface area contributed by atoms with Crippen LogP contribution in [0.2, 0.25) is 0 Å². The number of hydrogen-bond donors (Lipinski definition) is 1. The Hall–Kier alpha value is -0.610. The summed E-state index contributed by atoms with van der Waals surface area (Å²) in [6.07, 6.45) is 2.11. The third-order valence-corrected chi connectivity index (χ3v) is 3.69. The zero-order valence-corrected chi connectivity index (χ0v) is 11.1. The van der Waals surface area contributed by atoms with Crippen LogP contribution in [-0.4, -0.2) is 36.5 Å². The van der Waals surface area contributed by atoms with Crippen molar-refractivity contribution in [1.29, 1.82) is 0 Å². The molecule has 3 atom stereocenters. The molecule has 0 saturated carbocycles. The number of ether oxygens (including phenoxy) is 2. The molecule has 1 N–H and O–H groups in total. The second kappa shape index (κ2) is 6.36. The van der Waals surface area contributed by atoms with Crippen LogP contribution in [-0.2, 0) is 14.3 Å². The summed E-state index contributed by atoms with van der Waals surface area (Å²) in [6, 6.07) is 0. The van der Waals surface area contributed by atoms with Crippen LogP contribution in [0, 0.1) is 11.8 Å². The second-order valence-corrected chi connectivity index (χ2v) is 4.81. The first-order valence-corrected chi connectivity index (χ1v) is 6.53. The SMILES string of the molecule is CCCC(O)(C(=O)OCC)C(C)C1CCOC1. The molecule has 1 aliphatic rings. The number of esters is 1. The normalized spacial score (nSPS) is 25.3. The monoisotopic (exact) mass is 244 g/mol. The maximum absolute atomic E-state index is 11.9. The van der Waals surface area contributed by atoms with E-state index in [4.69, 9.17) is 9.47 Å². The molecule has 100 valence electrons. The lowest BCUT2D eigenvalue weighted by molar-refractivity contribution is -0.174. The van der Waals surface area contributed by atoms with Crippen LogP contribution in [0.3, 0.4) is 0 Å². The quantitative estimate of drug-likeness (QED) is 0.723. The van der Waals surface area contributed by atoms with E-state index < -0.39 is 11.6 Å². The van der Waals surface area contributed by atoms with Crippen molar-refractivity contribution < 1.29 is 19.4 Å². The first kappa shape index (κ1) is 14.5. The fourth-order valence-corrected chi connectivity index (χ4v) is 2.49. The highest BCUT2D eigenvalue weighted by Crippen LogP contribution is 2.34. The van der Waals surface area contributed by atoms with Crippen LogP contribution in [0.15, 0.2) is 0 Å². The van der Waals surface area contributed by atoms with E-state index in [0.29, 0.717) is 19.6 Å². The van der Waals surface area contributed by atoms with Crippen LogP contribution in [0.5, 0.6) is 0 Å². The van der Waals surface area contributed by atoms with Gasteiger partial charge in [0.05, 0.1) is 6.61 Å². The molecule has 1 aliphatic heterocycles. The Balaban J connectivity index is 2.77. The predicted octanol–water partition coefficient (Wildman–Crippen LogP) is 1.75. The molecule has 0 bridgehead atoms. The van der Waals surface area contributed by atoms with Crippen LogP contribution in [0.25, 0.3) is 0 Å². The molecule has 4 heteroatoms. The lowest BCUT2D eigenvalue weighted by Gasteiger charge is -2.34. The average molecular weight is 244 g/mol. The molecule has 1 heterocycles. The Labute approximate surface area is 103 Å². The third-order valence-electron chi connectivity index (χ3n) is 3.69. The van der Waals surface area contributed by atoms with Crippen molar-refractivity contribution in [2.45, 2.75) is 45.6 Å². The Morgan fingerprint density at radius 1 is 1.59 bits per heavy atom. The molecule has 0 aromatic rings. The van der Waals surface area contributed by atoms with Gasteiger partial charge in [0, 0.05) is 19.1 Å². The van der Waals surface area contributed by atoms with E-state index in [1.54, 1.807) is 6.92 Å². The van der Waals surface area contributed by atoms with E-state index in [2.05, 4.69) is 0 Å². The fraction of sp³-hybridized carbons (Fsp3) is 0.923. The van der Waals surface area contributed by atoms with E-state index >= 15 is 0 Å². The number of hydrogen-bond acceptors (Lipinski definition) is 4. The minimum Gasteiger partial charge on any atom is -0.464 e. The first-order chi connectivity index (χ1) is 8.06. The summed E-state index contributed by atoms with van der Waals surface area (Å²) < 4.78 is 10.3. The molecule has 1 saturated heterocycles. The highest BCUT2D eigenvalue weighted by atomic mass is 16.5. The third kappa shape index (κ3) is 3.19. The van der Waals surface area contributed by atoms with Crippen LogP contribution < -0.4 is 0 Å². The molecule has 1 rings (SSSR count). The molecule has 3 unspecified atom stereocenters. The standard InChI is InChI=1S/C13H24O4/c1-4-7-13(15,12(14)17-5-2)10(3)11-6-8-16-9-11/h10-11,15H,4-9H2,1-3H3. The summed E-state index contributed by atoms with van der Waals surface area (Å²) in [5.74, 6) is -0.360. The van der Waals surface area contributed by atoms with Crippen molar-refractivity contribution in [1.82, 2.24) is 0 Å². The molecule has 1 fully saturated rings. The number of rotatable bonds is 6. The summed E-state index contributed by atoms with van der Waals surface area (Å²) >= 11 is 0. The molecule has 0 aromatic heterocycles. The van der Waals surface area contributed by atoms with E-state index in [0.717, 1.165) is 19.4 Å². The van der Waals surface area contributed by atoms with Crippen molar-refractivity contribution in [3.63, 3.8) is 0 Å². The van der Waals surface area contributed by atoms with E-state index in [1.165, 1.54) is 0 Å². The van der Waals surface area contributed by atoms with Crippen molar-refractivity contribution in [3.05, 3.63) is 0 Å². The molecular weight excluding hydrogens is 220 g/mol. The van der Waals surface area contributed by atoms with E-state index in [-0.39, 0.29) is 11.8 Å². The van der Waals surface area contributed by atoms with Gasteiger partial charge in [-0.1, -0.05) is 20.3 Å². The van der Waals surface area contributed by atoms with Gasteiger partial charge in [-0.25, -0.2) is 4.79 Å². The molecule has 0 amide bonds. The maximum Gasteiger partial charge on any atom is 0.338 e. The largest absolute Gasteiger partial charge is 0.464 e. The van der Waals surface area contributed by atoms with Crippen molar-refractivity contribution in [2.75, 3.05) is 19.8 Å². The maximum atomic E-state index is 11.9. The summed E-state index contributed by atoms with van der Waals surface area (Å²) in [6.45, 7) is 7.30. The minimum atomic E-state index is -1.36. The van der Waals surface area contributed by atoms with Gasteiger partial charge in [-0.05, 0) is 25.7 Å². The minimum absolute atomic E-state index is 0.121. The lowest BCUT2D eigenvalue weighted by atomic mass is 9.76. The number of carbonyl (C=O) groups excluding carboxylic acids is 1. The van der Waals surface area contributed by atoms with Crippen molar-refractivity contribution in [3.8, 4) is 0 Å². The van der Waals surface area contributed by atoms with Gasteiger partial charge in [-0.2, -0.15) is 0 Å². The van der Waals surface area contributed by atoms with Gasteiger partial charge >= 0.3 is 5.97 Å². The topological polar surface area (TPSA) is 55.8 Å². The number of carbonyl (C=O) groups is 1. The molecule has 0 aliphatic carbocycles. The highest BCUT2D eigenvalue weighted by Gasteiger charge is 2.46. The van der Waals surface area contributed by atoms with Gasteiger partial charge < -0.3 is 14.6 Å². The van der Waals surface area contributed by atoms with Gasteiger partial charge in [0.1, 0.15) is 0 Å². The molecule has 0 radical (unpaired) electrons. The second-order valence-electron chi connectivity index (χ2n) is 4.81. The first-order valence-electron chi connectivity index (χ1n) is 6.53. The Morgan fingerprint density at radius 2 is 2.29 bits per heavy atom. The highest BCUT2D eigenvalue weighted by molar-refractivity contribution is 5.79. The zero-order valence-electron chi connectivity index (χ0n) is 11.1. The van der Waals surface area contributed by atoms with E-state index in [9.17, 15) is 9.90 Å². The van der Waals surface area contributed by atoms with Gasteiger partial charge in [-0.3, -0.25) is 0 Å². The van der Waals surface area contributed by atoms with Gasteiger partial charge in [0.2, 0.25) is 0 Å². The van der Waals surface area contributed by atoms with Gasteiger partial charge in [0.15, 0.2) is 5.60 Å². The van der Waals surface area contributed by atoms with Crippen LogP contribution >= 0.6 is 0 Å². The summed E-state index contributed by atoms with van der Waals surface area (Å²) in [5.41, 5.74) is -1.36. The molecule has 0 spiro atoms. The molecular formula is C13H24O4. The summed E-state index contributed by atoms with van der Waals surface area (Å²) in [4.78, 5) is 11.9. The smallest absolute Gasteiger partial charge is 0.338 e. The lowest BCUT2D eigenvalue weighted by Crippen LogP contribution is -2.48. The van der Waals surface area contributed by atoms with Gasteiger partial charge in [-0.15, -0.1) is 0 Å². The Kier molecular flexibility index (Phi) is 5.40. The van der Waals surface area contributed by atoms with Gasteiger partial charge in [0.25, 0.3) is 0 Å². The van der Waals surface area contributed by atoms with Crippen LogP contribution in [0.4, 0.5) is 0 Å². The molecule has 17 heavy (non-hydrogen) atoms. The summed E-state index contributed by atoms with van der Waals surface area (Å²) in [7, 11) is 0. The van der Waals surface area contributed by atoms with Crippen molar-refractivity contribution >= 4 is 5.97 Å². The van der Waals surface area contributed by atoms with E-state index in [1.807, 2.05) is 13.8 Å². The predicted molar refractivity (Wildman–Crippen MR) is 64.6 cm³/mol. The van der Waals surface area contributed by atoms with Crippen LogP contribution in [0.1, 0.15) is 40.0 Å². The molecule has 0 aromatic carbocycles. The average Bonchev–Trinajstić information content (AvgIpc) is 2.81. The summed E-state index contributed by atoms with van der Waals surface area (Å²) in [5, 5.41) is 10.6. The zero-order chi connectivity index (χ0) is 12.9.